The van der Waals surface area contributed by atoms with E-state index in [2.05, 4.69) is 33.7 Å². The van der Waals surface area contributed by atoms with Gasteiger partial charge in [0.15, 0.2) is 11.5 Å². The number of hydrazine groups is 1. The SMILES string of the molecule is CCCCCCOc1ccc(C(=O)NNC(=O)c2ccc(OC)c(OC)c2)cc1Br. The smallest absolute Gasteiger partial charge is 0.269 e. The van der Waals surface area contributed by atoms with E-state index in [1.165, 1.54) is 33.1 Å². The Morgan fingerprint density at radius 2 is 1.43 bits per heavy atom. The summed E-state index contributed by atoms with van der Waals surface area (Å²) in [5.41, 5.74) is 5.50. The molecular formula is C22H27BrN2O5. The van der Waals surface area contributed by atoms with Crippen molar-refractivity contribution in [3.63, 3.8) is 0 Å². The number of carbonyl (C=O) groups is 2. The van der Waals surface area contributed by atoms with E-state index in [1.54, 1.807) is 30.3 Å². The molecular weight excluding hydrogens is 452 g/mol. The van der Waals surface area contributed by atoms with Crippen LogP contribution in [0.1, 0.15) is 53.3 Å². The Bertz CT molecular complexity index is 873. The van der Waals surface area contributed by atoms with Crippen molar-refractivity contribution >= 4 is 27.7 Å². The highest BCUT2D eigenvalue weighted by molar-refractivity contribution is 9.10. The Morgan fingerprint density at radius 1 is 0.833 bits per heavy atom. The molecule has 0 bridgehead atoms. The van der Waals surface area contributed by atoms with Crippen LogP contribution in [0.25, 0.3) is 0 Å². The molecule has 0 aromatic heterocycles. The Hall–Kier alpha value is -2.74. The number of amides is 2. The number of hydrogen-bond donors (Lipinski definition) is 2. The third-order valence-corrected chi connectivity index (χ3v) is 5.00. The van der Waals surface area contributed by atoms with Gasteiger partial charge in [0.25, 0.3) is 11.8 Å². The van der Waals surface area contributed by atoms with E-state index in [1.807, 2.05) is 0 Å². The van der Waals surface area contributed by atoms with Gasteiger partial charge < -0.3 is 14.2 Å². The number of ether oxygens (including phenoxy) is 3. The molecule has 0 aliphatic rings. The van der Waals surface area contributed by atoms with E-state index in [9.17, 15) is 9.59 Å². The molecule has 2 N–H and O–H groups in total. The standard InChI is InChI=1S/C22H27BrN2O5/c1-4-5-6-7-12-30-18-10-8-15(13-17(18)23)21(26)24-25-22(27)16-9-11-19(28-2)20(14-16)29-3/h8-11,13-14H,4-7,12H2,1-3H3,(H,24,26)(H,25,27). The van der Waals surface area contributed by atoms with Crippen molar-refractivity contribution in [3.05, 3.63) is 52.0 Å². The van der Waals surface area contributed by atoms with Crippen LogP contribution in [-0.4, -0.2) is 32.6 Å². The molecule has 0 radical (unpaired) electrons. The van der Waals surface area contributed by atoms with Crippen LogP contribution in [0.5, 0.6) is 17.2 Å². The minimum Gasteiger partial charge on any atom is -0.493 e. The molecule has 162 valence electrons. The molecule has 0 aliphatic heterocycles. The zero-order valence-corrected chi connectivity index (χ0v) is 19.0. The van der Waals surface area contributed by atoms with Gasteiger partial charge in [0, 0.05) is 11.1 Å². The molecule has 2 rings (SSSR count). The second kappa shape index (κ2) is 12.1. The van der Waals surface area contributed by atoms with Crippen molar-refractivity contribution in [1.82, 2.24) is 10.9 Å². The average Bonchev–Trinajstić information content (AvgIpc) is 2.77. The first-order chi connectivity index (χ1) is 14.5. The molecule has 0 heterocycles. The topological polar surface area (TPSA) is 85.9 Å². The van der Waals surface area contributed by atoms with E-state index in [0.717, 1.165) is 12.8 Å². The molecule has 0 spiro atoms. The van der Waals surface area contributed by atoms with Crippen molar-refractivity contribution in [1.29, 1.82) is 0 Å². The highest BCUT2D eigenvalue weighted by atomic mass is 79.9. The average molecular weight is 479 g/mol. The van der Waals surface area contributed by atoms with Crippen LogP contribution >= 0.6 is 15.9 Å². The van der Waals surface area contributed by atoms with Crippen molar-refractivity contribution in [2.45, 2.75) is 32.6 Å². The summed E-state index contributed by atoms with van der Waals surface area (Å²) >= 11 is 3.43. The summed E-state index contributed by atoms with van der Waals surface area (Å²) in [5, 5.41) is 0. The number of hydrogen-bond acceptors (Lipinski definition) is 5. The van der Waals surface area contributed by atoms with Crippen LogP contribution in [0.4, 0.5) is 0 Å². The normalized spacial score (nSPS) is 10.3. The third kappa shape index (κ3) is 6.66. The van der Waals surface area contributed by atoms with Gasteiger partial charge in [-0.3, -0.25) is 20.4 Å². The predicted octanol–water partition coefficient (Wildman–Crippen LogP) is 4.50. The zero-order valence-electron chi connectivity index (χ0n) is 17.4. The summed E-state index contributed by atoms with van der Waals surface area (Å²) in [6.45, 7) is 2.79. The van der Waals surface area contributed by atoms with E-state index in [4.69, 9.17) is 14.2 Å². The summed E-state index contributed by atoms with van der Waals surface area (Å²) in [6.07, 6.45) is 4.49. The molecule has 2 aromatic rings. The highest BCUT2D eigenvalue weighted by Gasteiger charge is 2.13. The summed E-state index contributed by atoms with van der Waals surface area (Å²) in [5.74, 6) is 0.688. The van der Waals surface area contributed by atoms with Crippen LogP contribution in [0, 0.1) is 0 Å². The second-order valence-corrected chi connectivity index (χ2v) is 7.39. The van der Waals surface area contributed by atoms with Crippen LogP contribution in [0.2, 0.25) is 0 Å². The van der Waals surface area contributed by atoms with E-state index < -0.39 is 11.8 Å². The minimum absolute atomic E-state index is 0.320. The lowest BCUT2D eigenvalue weighted by Crippen LogP contribution is -2.41. The fraction of sp³-hybridized carbons (Fsp3) is 0.364. The largest absolute Gasteiger partial charge is 0.493 e. The minimum atomic E-state index is -0.476. The van der Waals surface area contributed by atoms with Gasteiger partial charge in [-0.15, -0.1) is 0 Å². The van der Waals surface area contributed by atoms with Crippen LogP contribution in [0.3, 0.4) is 0 Å². The molecule has 0 saturated carbocycles. The van der Waals surface area contributed by atoms with Crippen molar-refractivity contribution in [3.8, 4) is 17.2 Å². The van der Waals surface area contributed by atoms with Gasteiger partial charge in [-0.05, 0) is 58.7 Å². The monoisotopic (exact) mass is 478 g/mol. The number of unbranched alkanes of at least 4 members (excludes halogenated alkanes) is 3. The lowest BCUT2D eigenvalue weighted by molar-refractivity contribution is 0.0846. The van der Waals surface area contributed by atoms with Crippen molar-refractivity contribution in [2.75, 3.05) is 20.8 Å². The van der Waals surface area contributed by atoms with Crippen molar-refractivity contribution < 1.29 is 23.8 Å². The molecule has 2 aromatic carbocycles. The lowest BCUT2D eigenvalue weighted by atomic mass is 10.2. The lowest BCUT2D eigenvalue weighted by Gasteiger charge is -2.12. The number of carbonyl (C=O) groups excluding carboxylic acids is 2. The van der Waals surface area contributed by atoms with Gasteiger partial charge in [0.1, 0.15) is 5.75 Å². The molecule has 30 heavy (non-hydrogen) atoms. The fourth-order valence-corrected chi connectivity index (χ4v) is 3.20. The number of halogens is 1. The highest BCUT2D eigenvalue weighted by Crippen LogP contribution is 2.28. The molecule has 0 fully saturated rings. The maximum atomic E-state index is 12.4. The Morgan fingerprint density at radius 3 is 2.00 bits per heavy atom. The van der Waals surface area contributed by atoms with Gasteiger partial charge in [0.05, 0.1) is 25.3 Å². The molecule has 0 atom stereocenters. The van der Waals surface area contributed by atoms with E-state index in [-0.39, 0.29) is 0 Å². The summed E-state index contributed by atoms with van der Waals surface area (Å²) < 4.78 is 16.8. The molecule has 0 unspecified atom stereocenters. The van der Waals surface area contributed by atoms with Gasteiger partial charge >= 0.3 is 0 Å². The Labute approximate surface area is 185 Å². The number of rotatable bonds is 10. The molecule has 2 amide bonds. The number of benzene rings is 2. The first-order valence-corrected chi connectivity index (χ1v) is 10.5. The van der Waals surface area contributed by atoms with Gasteiger partial charge in [-0.2, -0.15) is 0 Å². The predicted molar refractivity (Wildman–Crippen MR) is 118 cm³/mol. The molecule has 0 saturated heterocycles. The first kappa shape index (κ1) is 23.5. The van der Waals surface area contributed by atoms with Gasteiger partial charge in [-0.25, -0.2) is 0 Å². The van der Waals surface area contributed by atoms with E-state index in [0.29, 0.717) is 39.5 Å². The van der Waals surface area contributed by atoms with Gasteiger partial charge in [0.2, 0.25) is 0 Å². The maximum absolute atomic E-state index is 12.4. The van der Waals surface area contributed by atoms with Crippen LogP contribution in [0.15, 0.2) is 40.9 Å². The molecule has 8 heteroatoms. The van der Waals surface area contributed by atoms with Gasteiger partial charge in [-0.1, -0.05) is 26.2 Å². The molecule has 0 aliphatic carbocycles. The first-order valence-electron chi connectivity index (χ1n) is 9.75. The Kier molecular flexibility index (Phi) is 9.47. The van der Waals surface area contributed by atoms with Crippen LogP contribution < -0.4 is 25.1 Å². The van der Waals surface area contributed by atoms with Crippen LogP contribution in [-0.2, 0) is 0 Å². The maximum Gasteiger partial charge on any atom is 0.269 e. The van der Waals surface area contributed by atoms with Crippen molar-refractivity contribution in [2.24, 2.45) is 0 Å². The summed E-state index contributed by atoms with van der Waals surface area (Å²) in [6, 6.07) is 9.75. The van der Waals surface area contributed by atoms with E-state index >= 15 is 0 Å². The third-order valence-electron chi connectivity index (χ3n) is 4.38. The zero-order chi connectivity index (χ0) is 21.9. The Balaban J connectivity index is 1.91. The number of methoxy groups -OCH3 is 2. The summed E-state index contributed by atoms with van der Waals surface area (Å²) in [7, 11) is 3.00. The fourth-order valence-electron chi connectivity index (χ4n) is 2.71. The second-order valence-electron chi connectivity index (χ2n) is 6.53. The molecule has 7 nitrogen and oxygen atoms in total. The number of nitrogens with one attached hydrogen (secondary N) is 2. The quantitative estimate of drug-likeness (QED) is 0.387. The summed E-state index contributed by atoms with van der Waals surface area (Å²) in [4.78, 5) is 24.7.